The van der Waals surface area contributed by atoms with Crippen molar-refractivity contribution in [2.24, 2.45) is 5.10 Å². The zero-order valence-corrected chi connectivity index (χ0v) is 21.7. The van der Waals surface area contributed by atoms with Gasteiger partial charge in [-0.1, -0.05) is 60.7 Å². The van der Waals surface area contributed by atoms with Gasteiger partial charge in [0.2, 0.25) is 10.0 Å². The molecule has 0 aromatic heterocycles. The van der Waals surface area contributed by atoms with Crippen molar-refractivity contribution >= 4 is 32.9 Å². The maximum atomic E-state index is 13.6. The summed E-state index contributed by atoms with van der Waals surface area (Å²) in [6, 6.07) is 23.9. The van der Waals surface area contributed by atoms with Crippen LogP contribution in [0.1, 0.15) is 11.1 Å². The van der Waals surface area contributed by atoms with Crippen molar-refractivity contribution in [2.45, 2.75) is 11.4 Å². The van der Waals surface area contributed by atoms with Gasteiger partial charge in [-0.3, -0.25) is 4.79 Å². The Morgan fingerprint density at radius 2 is 1.66 bits per heavy atom. The monoisotopic (exact) mass is 533 g/mol. The molecular weight excluding hydrogens is 506 g/mol. The predicted octanol–water partition coefficient (Wildman–Crippen LogP) is 3.90. The Labute approximate surface area is 221 Å². The van der Waals surface area contributed by atoms with Crippen LogP contribution in [0.15, 0.2) is 94.9 Å². The van der Waals surface area contributed by atoms with Crippen LogP contribution >= 0.6 is 0 Å². The fourth-order valence-corrected chi connectivity index (χ4v) is 5.32. The van der Waals surface area contributed by atoms with Crippen molar-refractivity contribution < 1.29 is 27.8 Å². The Morgan fingerprint density at radius 3 is 2.39 bits per heavy atom. The van der Waals surface area contributed by atoms with Gasteiger partial charge in [-0.25, -0.2) is 13.8 Å². The first kappa shape index (κ1) is 26.6. The molecule has 0 aliphatic heterocycles. The lowest BCUT2D eigenvalue weighted by atomic mass is 10.0. The number of benzene rings is 4. The molecular formula is C28H27N3O6S. The van der Waals surface area contributed by atoms with Gasteiger partial charge in [-0.05, 0) is 34.5 Å². The van der Waals surface area contributed by atoms with E-state index in [9.17, 15) is 18.3 Å². The number of nitrogens with zero attached hydrogens (tertiary/aromatic N) is 2. The van der Waals surface area contributed by atoms with Crippen LogP contribution in [0.25, 0.3) is 10.8 Å². The Hall–Kier alpha value is -4.41. The van der Waals surface area contributed by atoms with Gasteiger partial charge in [0.15, 0.2) is 11.5 Å². The Kier molecular flexibility index (Phi) is 8.25. The largest absolute Gasteiger partial charge is 0.507 e. The molecule has 38 heavy (non-hydrogen) atoms. The highest BCUT2D eigenvalue weighted by Gasteiger charge is 2.28. The minimum absolute atomic E-state index is 0.00318. The summed E-state index contributed by atoms with van der Waals surface area (Å²) in [5, 5.41) is 15.9. The van der Waals surface area contributed by atoms with Gasteiger partial charge in [0, 0.05) is 18.2 Å². The molecule has 4 aromatic carbocycles. The zero-order chi connectivity index (χ0) is 27.1. The van der Waals surface area contributed by atoms with E-state index in [-0.39, 0.29) is 22.9 Å². The summed E-state index contributed by atoms with van der Waals surface area (Å²) in [5.41, 5.74) is 3.51. The van der Waals surface area contributed by atoms with E-state index in [1.807, 2.05) is 30.3 Å². The molecule has 0 saturated carbocycles. The van der Waals surface area contributed by atoms with Crippen molar-refractivity contribution in [1.82, 2.24) is 9.73 Å². The Bertz CT molecular complexity index is 1570. The highest BCUT2D eigenvalue weighted by Crippen LogP contribution is 2.31. The number of hydrogen-bond acceptors (Lipinski definition) is 7. The number of hydrazone groups is 1. The van der Waals surface area contributed by atoms with E-state index < -0.39 is 22.5 Å². The minimum Gasteiger partial charge on any atom is -0.507 e. The molecule has 0 spiro atoms. The lowest BCUT2D eigenvalue weighted by molar-refractivity contribution is -0.121. The van der Waals surface area contributed by atoms with Gasteiger partial charge in [-0.2, -0.15) is 9.41 Å². The lowest BCUT2D eigenvalue weighted by Crippen LogP contribution is -2.39. The molecule has 0 aliphatic carbocycles. The second-order valence-electron chi connectivity index (χ2n) is 8.29. The van der Waals surface area contributed by atoms with Crippen LogP contribution in [-0.2, 0) is 21.4 Å². The molecule has 10 heteroatoms. The molecule has 9 nitrogen and oxygen atoms in total. The second kappa shape index (κ2) is 11.8. The molecule has 4 rings (SSSR count). The van der Waals surface area contributed by atoms with Crippen LogP contribution in [-0.4, -0.2) is 50.7 Å². The molecule has 1 amide bonds. The molecule has 0 saturated heterocycles. The van der Waals surface area contributed by atoms with Crippen molar-refractivity contribution in [3.63, 3.8) is 0 Å². The molecule has 0 unspecified atom stereocenters. The number of carbonyl (C=O) groups excluding carboxylic acids is 1. The Balaban J connectivity index is 1.58. The average molecular weight is 534 g/mol. The molecule has 0 fully saturated rings. The average Bonchev–Trinajstić information content (AvgIpc) is 2.94. The van der Waals surface area contributed by atoms with E-state index in [1.54, 1.807) is 36.4 Å². The van der Waals surface area contributed by atoms with Gasteiger partial charge in [-0.15, -0.1) is 0 Å². The number of amides is 1. The summed E-state index contributed by atoms with van der Waals surface area (Å²) >= 11 is 0. The number of phenolic OH excluding ortho intramolecular Hbond substituents is 1. The van der Waals surface area contributed by atoms with Crippen molar-refractivity contribution in [1.29, 1.82) is 0 Å². The topological polar surface area (TPSA) is 118 Å². The molecule has 0 atom stereocenters. The molecule has 4 aromatic rings. The number of aromatic hydroxyl groups is 1. The van der Waals surface area contributed by atoms with Gasteiger partial charge in [0.1, 0.15) is 5.75 Å². The number of hydrogen-bond donors (Lipinski definition) is 2. The van der Waals surface area contributed by atoms with Crippen LogP contribution in [0.3, 0.4) is 0 Å². The van der Waals surface area contributed by atoms with E-state index >= 15 is 0 Å². The summed E-state index contributed by atoms with van der Waals surface area (Å²) in [7, 11) is -1.25. The van der Waals surface area contributed by atoms with Crippen molar-refractivity contribution in [2.75, 3.05) is 20.8 Å². The fourth-order valence-electron chi connectivity index (χ4n) is 3.92. The SMILES string of the molecule is COc1ccc(S(=O)(=O)N(CC(=O)N/N=C\c2c(O)ccc3ccccc23)Cc2ccccc2)cc1OC. The highest BCUT2D eigenvalue weighted by atomic mass is 32.2. The van der Waals surface area contributed by atoms with Crippen LogP contribution in [0.2, 0.25) is 0 Å². The van der Waals surface area contributed by atoms with Crippen LogP contribution in [0.4, 0.5) is 0 Å². The summed E-state index contributed by atoms with van der Waals surface area (Å²) in [6.07, 6.45) is 1.33. The molecule has 0 heterocycles. The van der Waals surface area contributed by atoms with E-state index in [0.29, 0.717) is 16.9 Å². The van der Waals surface area contributed by atoms with Crippen LogP contribution in [0.5, 0.6) is 17.2 Å². The third-order valence-electron chi connectivity index (χ3n) is 5.85. The van der Waals surface area contributed by atoms with Gasteiger partial charge in [0.25, 0.3) is 5.91 Å². The predicted molar refractivity (Wildman–Crippen MR) is 145 cm³/mol. The van der Waals surface area contributed by atoms with Crippen molar-refractivity contribution in [3.8, 4) is 17.2 Å². The first-order valence-electron chi connectivity index (χ1n) is 11.6. The van der Waals surface area contributed by atoms with Gasteiger partial charge in [0.05, 0.1) is 31.9 Å². The summed E-state index contributed by atoms with van der Waals surface area (Å²) in [6.45, 7) is -0.538. The van der Waals surface area contributed by atoms with E-state index in [2.05, 4.69) is 10.5 Å². The summed E-state index contributed by atoms with van der Waals surface area (Å²) < 4.78 is 38.7. The zero-order valence-electron chi connectivity index (χ0n) is 20.9. The Morgan fingerprint density at radius 1 is 0.947 bits per heavy atom. The van der Waals surface area contributed by atoms with Crippen molar-refractivity contribution in [3.05, 3.63) is 96.1 Å². The maximum Gasteiger partial charge on any atom is 0.255 e. The van der Waals surface area contributed by atoms with E-state index in [1.165, 1.54) is 38.6 Å². The third-order valence-corrected chi connectivity index (χ3v) is 7.63. The number of sulfonamides is 1. The smallest absolute Gasteiger partial charge is 0.255 e. The number of fused-ring (bicyclic) bond motifs is 1. The first-order chi connectivity index (χ1) is 18.3. The molecule has 0 radical (unpaired) electrons. The van der Waals surface area contributed by atoms with Gasteiger partial charge < -0.3 is 14.6 Å². The quantitative estimate of drug-likeness (QED) is 0.236. The molecule has 0 bridgehead atoms. The lowest BCUT2D eigenvalue weighted by Gasteiger charge is -2.22. The maximum absolute atomic E-state index is 13.6. The van der Waals surface area contributed by atoms with Crippen LogP contribution in [0, 0.1) is 0 Å². The summed E-state index contributed by atoms with van der Waals surface area (Å²) in [4.78, 5) is 12.8. The molecule has 0 aliphatic rings. The highest BCUT2D eigenvalue weighted by molar-refractivity contribution is 7.89. The fraction of sp³-hybridized carbons (Fsp3) is 0.143. The summed E-state index contributed by atoms with van der Waals surface area (Å²) in [5.74, 6) is -0.0218. The minimum atomic E-state index is -4.12. The second-order valence-corrected chi connectivity index (χ2v) is 10.2. The van der Waals surface area contributed by atoms with E-state index in [0.717, 1.165) is 15.1 Å². The van der Waals surface area contributed by atoms with Gasteiger partial charge >= 0.3 is 0 Å². The number of methoxy groups -OCH3 is 2. The number of carbonyl (C=O) groups is 1. The first-order valence-corrected chi connectivity index (χ1v) is 13.1. The normalized spacial score (nSPS) is 11.7. The molecule has 2 N–H and O–H groups in total. The van der Waals surface area contributed by atoms with E-state index in [4.69, 9.17) is 9.47 Å². The van der Waals surface area contributed by atoms with Crippen LogP contribution < -0.4 is 14.9 Å². The number of rotatable bonds is 10. The standard InChI is InChI=1S/C28H27N3O6S/c1-36-26-15-13-22(16-27(26)37-2)38(34,35)31(18-20-8-4-3-5-9-20)19-28(33)30-29-17-24-23-11-7-6-10-21(23)12-14-25(24)32/h3-17,32H,18-19H2,1-2H3,(H,30,33)/b29-17-. The number of phenols is 1. The number of ether oxygens (including phenoxy) is 2. The molecule has 196 valence electrons. The third kappa shape index (κ3) is 5.93. The number of nitrogens with one attached hydrogen (secondary N) is 1.